The van der Waals surface area contributed by atoms with E-state index in [4.69, 9.17) is 21.1 Å². The van der Waals surface area contributed by atoms with Gasteiger partial charge in [-0.1, -0.05) is 61.2 Å². The van der Waals surface area contributed by atoms with Gasteiger partial charge in [0.05, 0.1) is 20.6 Å². The van der Waals surface area contributed by atoms with E-state index in [-0.39, 0.29) is 24.3 Å². The molecule has 1 heterocycles. The van der Waals surface area contributed by atoms with E-state index in [0.29, 0.717) is 27.8 Å². The number of nitrogens with one attached hydrogen (secondary N) is 2. The lowest BCUT2D eigenvalue weighted by Crippen LogP contribution is -2.47. The molecule has 1 aromatic heterocycles. The summed E-state index contributed by atoms with van der Waals surface area (Å²) in [6.07, 6.45) is 7.14. The van der Waals surface area contributed by atoms with Gasteiger partial charge in [0.25, 0.3) is 0 Å². The molecule has 208 valence electrons. The fourth-order valence-corrected chi connectivity index (χ4v) is 5.65. The molecule has 7 nitrogen and oxygen atoms in total. The number of anilines is 1. The summed E-state index contributed by atoms with van der Waals surface area (Å²) >= 11 is 6.22. The monoisotopic (exact) mass is 559 g/mol. The minimum atomic E-state index is -0.921. The molecule has 0 saturated heterocycles. The van der Waals surface area contributed by atoms with Crippen LogP contribution in [0.1, 0.15) is 49.3 Å². The van der Waals surface area contributed by atoms with Gasteiger partial charge in [-0.25, -0.2) is 0 Å². The van der Waals surface area contributed by atoms with Crippen LogP contribution < -0.4 is 19.7 Å². The van der Waals surface area contributed by atoms with Gasteiger partial charge in [-0.15, -0.1) is 0 Å². The van der Waals surface area contributed by atoms with Crippen LogP contribution in [-0.2, 0) is 16.0 Å². The number of para-hydroxylation sites is 1. The van der Waals surface area contributed by atoms with Gasteiger partial charge in [0, 0.05) is 39.9 Å². The largest absolute Gasteiger partial charge is 0.493 e. The summed E-state index contributed by atoms with van der Waals surface area (Å²) in [5.74, 6) is 0.546. The third-order valence-electron chi connectivity index (χ3n) is 7.57. The van der Waals surface area contributed by atoms with Gasteiger partial charge in [-0.05, 0) is 54.3 Å². The number of hydrogen-bond acceptors (Lipinski definition) is 4. The van der Waals surface area contributed by atoms with E-state index < -0.39 is 6.04 Å². The highest BCUT2D eigenvalue weighted by molar-refractivity contribution is 6.30. The molecule has 8 heteroatoms. The maximum atomic E-state index is 14.3. The number of carbonyl (C=O) groups excluding carboxylic acids is 2. The number of aromatic amines is 1. The molecular formula is C32H34ClN3O4. The fraction of sp³-hybridized carbons (Fsp3) is 0.312. The summed E-state index contributed by atoms with van der Waals surface area (Å²) in [5.41, 5.74) is 3.00. The molecule has 0 bridgehead atoms. The fourth-order valence-electron chi connectivity index (χ4n) is 5.53. The molecular weight excluding hydrogens is 526 g/mol. The third-order valence-corrected chi connectivity index (χ3v) is 7.83. The van der Waals surface area contributed by atoms with Gasteiger partial charge < -0.3 is 19.8 Å². The Balaban J connectivity index is 1.60. The summed E-state index contributed by atoms with van der Waals surface area (Å²) < 4.78 is 11.0. The first-order valence-corrected chi connectivity index (χ1v) is 14.0. The van der Waals surface area contributed by atoms with Crippen LogP contribution in [0.15, 0.2) is 72.9 Å². The Morgan fingerprint density at radius 3 is 2.42 bits per heavy atom. The van der Waals surface area contributed by atoms with Crippen LogP contribution in [0.4, 0.5) is 5.69 Å². The molecule has 1 unspecified atom stereocenters. The van der Waals surface area contributed by atoms with E-state index in [1.807, 2.05) is 30.5 Å². The number of halogens is 1. The van der Waals surface area contributed by atoms with Crippen LogP contribution in [0.25, 0.3) is 10.9 Å². The average Bonchev–Trinajstić information content (AvgIpc) is 3.39. The Bertz CT molecular complexity index is 1480. The van der Waals surface area contributed by atoms with E-state index in [9.17, 15) is 9.59 Å². The van der Waals surface area contributed by atoms with E-state index in [1.54, 1.807) is 61.6 Å². The highest BCUT2D eigenvalue weighted by Crippen LogP contribution is 2.36. The van der Waals surface area contributed by atoms with Crippen molar-refractivity contribution in [1.82, 2.24) is 10.3 Å². The lowest BCUT2D eigenvalue weighted by molar-refractivity contribution is -0.127. The molecule has 1 atom stereocenters. The molecule has 0 radical (unpaired) electrons. The first-order chi connectivity index (χ1) is 19.5. The quantitative estimate of drug-likeness (QED) is 0.242. The van der Waals surface area contributed by atoms with E-state index in [1.165, 1.54) is 6.42 Å². The lowest BCUT2D eigenvalue weighted by Gasteiger charge is -2.34. The number of rotatable bonds is 9. The molecule has 3 aromatic carbocycles. The SMILES string of the molecule is COc1ccc(N(C(=O)Cc2c[nH]c3ccccc23)C(C(=O)NC2CCCCC2)c2ccc(Cl)cc2)cc1OC. The van der Waals surface area contributed by atoms with Gasteiger partial charge in [-0.3, -0.25) is 14.5 Å². The Kier molecular flexibility index (Phi) is 8.60. The number of hydrogen-bond donors (Lipinski definition) is 2. The summed E-state index contributed by atoms with van der Waals surface area (Å²) in [6, 6.07) is 19.4. The zero-order valence-electron chi connectivity index (χ0n) is 22.8. The van der Waals surface area contributed by atoms with E-state index in [2.05, 4.69) is 10.3 Å². The first kappa shape index (κ1) is 27.6. The van der Waals surface area contributed by atoms with Crippen LogP contribution in [0.2, 0.25) is 5.02 Å². The molecule has 2 amide bonds. The minimum absolute atomic E-state index is 0.0759. The number of methoxy groups -OCH3 is 2. The molecule has 4 aromatic rings. The zero-order chi connectivity index (χ0) is 28.1. The molecule has 2 N–H and O–H groups in total. The molecule has 0 spiro atoms. The number of nitrogens with zero attached hydrogens (tertiary/aromatic N) is 1. The molecule has 5 rings (SSSR count). The maximum Gasteiger partial charge on any atom is 0.248 e. The van der Waals surface area contributed by atoms with Crippen molar-refractivity contribution in [3.8, 4) is 11.5 Å². The first-order valence-electron chi connectivity index (χ1n) is 13.6. The van der Waals surface area contributed by atoms with Gasteiger partial charge in [0.2, 0.25) is 11.8 Å². The summed E-state index contributed by atoms with van der Waals surface area (Å²) in [6.45, 7) is 0. The summed E-state index contributed by atoms with van der Waals surface area (Å²) in [4.78, 5) is 33.3. The van der Waals surface area contributed by atoms with Gasteiger partial charge in [0.15, 0.2) is 11.5 Å². The highest BCUT2D eigenvalue weighted by Gasteiger charge is 2.35. The van der Waals surface area contributed by atoms with Crippen LogP contribution >= 0.6 is 11.6 Å². The molecule has 40 heavy (non-hydrogen) atoms. The summed E-state index contributed by atoms with van der Waals surface area (Å²) in [7, 11) is 3.11. The second-order valence-corrected chi connectivity index (χ2v) is 10.6. The predicted molar refractivity (Wildman–Crippen MR) is 158 cm³/mol. The summed E-state index contributed by atoms with van der Waals surface area (Å²) in [5, 5.41) is 4.77. The van der Waals surface area contributed by atoms with Gasteiger partial charge in [-0.2, -0.15) is 0 Å². The van der Waals surface area contributed by atoms with Crippen molar-refractivity contribution in [2.45, 2.75) is 50.6 Å². The number of amides is 2. The average molecular weight is 560 g/mol. The van der Waals surface area contributed by atoms with Crippen molar-refractivity contribution in [3.05, 3.63) is 89.1 Å². The number of H-pyrrole nitrogens is 1. The molecule has 1 aliphatic carbocycles. The molecule has 0 aliphatic heterocycles. The standard InChI is InChI=1S/C32H34ClN3O4/c1-39-28-17-16-25(19-29(28)40-2)36(30(37)18-22-20-34-27-11-7-6-10-26(22)27)31(21-12-14-23(33)15-13-21)32(38)35-24-8-4-3-5-9-24/h6-7,10-17,19-20,24,31,34H,3-5,8-9,18H2,1-2H3,(H,35,38). The van der Waals surface area contributed by atoms with Crippen molar-refractivity contribution in [2.24, 2.45) is 0 Å². The molecule has 1 fully saturated rings. The van der Waals surface area contributed by atoms with Gasteiger partial charge in [0.1, 0.15) is 6.04 Å². The maximum absolute atomic E-state index is 14.3. The second kappa shape index (κ2) is 12.5. The Morgan fingerprint density at radius 2 is 1.70 bits per heavy atom. The van der Waals surface area contributed by atoms with Crippen molar-refractivity contribution in [1.29, 1.82) is 0 Å². The Labute approximate surface area is 239 Å². The topological polar surface area (TPSA) is 83.7 Å². The van der Waals surface area contributed by atoms with Gasteiger partial charge >= 0.3 is 0 Å². The van der Waals surface area contributed by atoms with E-state index >= 15 is 0 Å². The number of carbonyl (C=O) groups is 2. The second-order valence-electron chi connectivity index (χ2n) is 10.1. The van der Waals surface area contributed by atoms with E-state index in [0.717, 1.165) is 42.1 Å². The van der Waals surface area contributed by atoms with Crippen LogP contribution in [-0.4, -0.2) is 37.1 Å². The van der Waals surface area contributed by atoms with Crippen LogP contribution in [0.3, 0.4) is 0 Å². The number of fused-ring (bicyclic) bond motifs is 1. The van der Waals surface area contributed by atoms with Crippen LogP contribution in [0, 0.1) is 0 Å². The number of aromatic nitrogens is 1. The molecule has 1 aliphatic rings. The van der Waals surface area contributed by atoms with Crippen LogP contribution in [0.5, 0.6) is 11.5 Å². The minimum Gasteiger partial charge on any atom is -0.493 e. The number of benzene rings is 3. The third kappa shape index (κ3) is 5.94. The van der Waals surface area contributed by atoms with Crippen molar-refractivity contribution >= 4 is 40.0 Å². The number of ether oxygens (including phenoxy) is 2. The lowest BCUT2D eigenvalue weighted by atomic mass is 9.94. The van der Waals surface area contributed by atoms with Crippen molar-refractivity contribution in [2.75, 3.05) is 19.1 Å². The normalized spacial score (nSPS) is 14.5. The van der Waals surface area contributed by atoms with Crippen molar-refractivity contribution < 1.29 is 19.1 Å². The Hall–Kier alpha value is -3.97. The van der Waals surface area contributed by atoms with Crippen molar-refractivity contribution in [3.63, 3.8) is 0 Å². The highest BCUT2D eigenvalue weighted by atomic mass is 35.5. The Morgan fingerprint density at radius 1 is 0.975 bits per heavy atom. The smallest absolute Gasteiger partial charge is 0.248 e. The zero-order valence-corrected chi connectivity index (χ0v) is 23.5. The predicted octanol–water partition coefficient (Wildman–Crippen LogP) is 6.60. The molecule has 1 saturated carbocycles.